The zero-order valence-electron chi connectivity index (χ0n) is 17.7. The molecule has 1 unspecified atom stereocenters. The van der Waals surface area contributed by atoms with Crippen molar-refractivity contribution < 1.29 is 14.2 Å². The summed E-state index contributed by atoms with van der Waals surface area (Å²) < 4.78 is 18.9. The van der Waals surface area contributed by atoms with Crippen LogP contribution in [0.5, 0.6) is 11.5 Å². The van der Waals surface area contributed by atoms with E-state index in [4.69, 9.17) is 14.2 Å². The van der Waals surface area contributed by atoms with E-state index >= 15 is 0 Å². The zero-order valence-corrected chi connectivity index (χ0v) is 18.5. The molecular formula is C24H28N2O3S. The molecule has 2 heterocycles. The molecule has 6 heteroatoms. The van der Waals surface area contributed by atoms with Crippen molar-refractivity contribution >= 4 is 18.0 Å². The van der Waals surface area contributed by atoms with Crippen LogP contribution < -0.4 is 14.9 Å². The summed E-state index contributed by atoms with van der Waals surface area (Å²) >= 11 is 1.82. The Balaban J connectivity index is 1.69. The van der Waals surface area contributed by atoms with Gasteiger partial charge in [0.2, 0.25) is 0 Å². The molecular weight excluding hydrogens is 396 g/mol. The van der Waals surface area contributed by atoms with Crippen LogP contribution in [0.1, 0.15) is 30.5 Å². The van der Waals surface area contributed by atoms with Crippen LogP contribution >= 0.6 is 11.9 Å². The Labute approximate surface area is 182 Å². The fourth-order valence-electron chi connectivity index (χ4n) is 3.72. The normalized spacial score (nSPS) is 19.9. The van der Waals surface area contributed by atoms with Gasteiger partial charge >= 0.3 is 0 Å². The van der Waals surface area contributed by atoms with Crippen LogP contribution in [0.2, 0.25) is 0 Å². The van der Waals surface area contributed by atoms with Gasteiger partial charge in [0.25, 0.3) is 0 Å². The molecule has 1 atom stereocenters. The Kier molecular flexibility index (Phi) is 6.67. The summed E-state index contributed by atoms with van der Waals surface area (Å²) in [7, 11) is 3.38. The quantitative estimate of drug-likeness (QED) is 0.632. The molecule has 2 aliphatic rings. The first kappa shape index (κ1) is 20.8. The maximum atomic E-state index is 6.01. The molecule has 2 aliphatic heterocycles. The molecule has 0 amide bonds. The van der Waals surface area contributed by atoms with Crippen molar-refractivity contribution in [3.8, 4) is 11.5 Å². The molecule has 158 valence electrons. The van der Waals surface area contributed by atoms with Gasteiger partial charge in [-0.2, -0.15) is 0 Å². The minimum absolute atomic E-state index is 0.0924. The molecule has 0 spiro atoms. The van der Waals surface area contributed by atoms with E-state index in [2.05, 4.69) is 47.1 Å². The lowest BCUT2D eigenvalue weighted by Gasteiger charge is -2.25. The average Bonchev–Trinajstić information content (AvgIpc) is 3.18. The first-order valence-corrected chi connectivity index (χ1v) is 11.2. The van der Waals surface area contributed by atoms with E-state index < -0.39 is 0 Å². The third-order valence-corrected chi connectivity index (χ3v) is 6.39. The van der Waals surface area contributed by atoms with Gasteiger partial charge in [-0.3, -0.25) is 0 Å². The van der Waals surface area contributed by atoms with Gasteiger partial charge in [-0.05, 0) is 59.8 Å². The molecule has 0 saturated heterocycles. The van der Waals surface area contributed by atoms with Crippen LogP contribution in [0, 0.1) is 0 Å². The molecule has 2 aromatic rings. The zero-order chi connectivity index (χ0) is 20.9. The highest BCUT2D eigenvalue weighted by Crippen LogP contribution is 2.42. The first-order valence-electron chi connectivity index (χ1n) is 10.2. The number of methoxy groups -OCH3 is 2. The summed E-state index contributed by atoms with van der Waals surface area (Å²) in [4.78, 5) is 0. The summed E-state index contributed by atoms with van der Waals surface area (Å²) in [5, 5.41) is 0. The maximum absolute atomic E-state index is 6.01. The number of hydrogen-bond acceptors (Lipinski definition) is 6. The Bertz CT molecular complexity index is 922. The highest BCUT2D eigenvalue weighted by Gasteiger charge is 2.36. The van der Waals surface area contributed by atoms with E-state index in [1.54, 1.807) is 14.2 Å². The van der Waals surface area contributed by atoms with Crippen molar-refractivity contribution in [1.82, 2.24) is 9.84 Å². The van der Waals surface area contributed by atoms with E-state index in [1.807, 2.05) is 36.2 Å². The number of nitrogens with one attached hydrogen (secondary N) is 1. The fourth-order valence-corrected chi connectivity index (χ4v) is 4.63. The molecule has 2 aromatic carbocycles. The van der Waals surface area contributed by atoms with Crippen LogP contribution in [0.3, 0.4) is 0 Å². The van der Waals surface area contributed by atoms with Crippen LogP contribution in [-0.2, 0) is 4.74 Å². The van der Waals surface area contributed by atoms with E-state index in [-0.39, 0.29) is 6.04 Å². The monoisotopic (exact) mass is 424 g/mol. The third-order valence-electron chi connectivity index (χ3n) is 5.25. The van der Waals surface area contributed by atoms with Gasteiger partial charge < -0.3 is 14.2 Å². The highest BCUT2D eigenvalue weighted by atomic mass is 32.2. The lowest BCUT2D eigenvalue weighted by Crippen LogP contribution is -2.29. The largest absolute Gasteiger partial charge is 0.497 e. The second kappa shape index (κ2) is 9.60. The predicted molar refractivity (Wildman–Crippen MR) is 122 cm³/mol. The van der Waals surface area contributed by atoms with Crippen LogP contribution in [0.4, 0.5) is 0 Å². The third kappa shape index (κ3) is 4.36. The number of ether oxygens (including phenoxy) is 3. The first-order chi connectivity index (χ1) is 14.7. The smallest absolute Gasteiger partial charge is 0.118 e. The number of rotatable bonds is 7. The van der Waals surface area contributed by atoms with E-state index in [0.29, 0.717) is 13.2 Å². The van der Waals surface area contributed by atoms with Crippen molar-refractivity contribution in [3.63, 3.8) is 0 Å². The topological polar surface area (TPSA) is 43.0 Å². The molecule has 0 aliphatic carbocycles. The van der Waals surface area contributed by atoms with E-state index in [0.717, 1.165) is 29.2 Å². The molecule has 0 bridgehead atoms. The Morgan fingerprint density at radius 3 is 2.33 bits per heavy atom. The molecule has 5 nitrogen and oxygen atoms in total. The fraction of sp³-hybridized carbons (Fsp3) is 0.333. The molecule has 0 aromatic heterocycles. The molecule has 4 rings (SSSR count). The number of benzene rings is 2. The molecule has 0 saturated carbocycles. The second-order valence-electron chi connectivity index (χ2n) is 7.27. The standard InChI is InChI=1S/C24H28N2O3S/c1-4-13-30-26-24-19(14-17-5-9-20(27-2)10-6-17)15-29-16-22(24)23(25-26)18-7-11-21(28-3)12-8-18/h5-12,14,23,25H,4,13,15-16H2,1-3H3. The Hall–Kier alpha value is -2.41. The van der Waals surface area contributed by atoms with Gasteiger partial charge in [-0.1, -0.05) is 31.2 Å². The summed E-state index contributed by atoms with van der Waals surface area (Å²) in [6.07, 6.45) is 3.33. The maximum Gasteiger partial charge on any atom is 0.118 e. The van der Waals surface area contributed by atoms with Gasteiger partial charge in [0.05, 0.1) is 39.2 Å². The minimum atomic E-state index is 0.0924. The summed E-state index contributed by atoms with van der Waals surface area (Å²) in [6.45, 7) is 3.44. The average molecular weight is 425 g/mol. The lowest BCUT2D eigenvalue weighted by molar-refractivity contribution is 0.169. The van der Waals surface area contributed by atoms with Gasteiger partial charge in [-0.15, -0.1) is 0 Å². The second-order valence-corrected chi connectivity index (χ2v) is 8.30. The van der Waals surface area contributed by atoms with E-state index in [9.17, 15) is 0 Å². The van der Waals surface area contributed by atoms with Gasteiger partial charge in [0.1, 0.15) is 11.5 Å². The Morgan fingerprint density at radius 2 is 1.70 bits per heavy atom. The summed E-state index contributed by atoms with van der Waals surface area (Å²) in [5.41, 5.74) is 9.75. The van der Waals surface area contributed by atoms with E-state index in [1.165, 1.54) is 22.4 Å². The Morgan fingerprint density at radius 1 is 1.03 bits per heavy atom. The molecule has 1 N–H and O–H groups in total. The van der Waals surface area contributed by atoms with Crippen molar-refractivity contribution in [2.24, 2.45) is 0 Å². The van der Waals surface area contributed by atoms with Crippen LogP contribution in [-0.4, -0.2) is 37.6 Å². The van der Waals surface area contributed by atoms with Crippen molar-refractivity contribution in [2.45, 2.75) is 19.4 Å². The molecule has 0 fully saturated rings. The summed E-state index contributed by atoms with van der Waals surface area (Å²) in [5.74, 6) is 2.78. The predicted octanol–water partition coefficient (Wildman–Crippen LogP) is 4.99. The lowest BCUT2D eigenvalue weighted by atomic mass is 9.95. The number of hydrogen-bond donors (Lipinski definition) is 1. The number of hydrazine groups is 1. The van der Waals surface area contributed by atoms with Crippen molar-refractivity contribution in [2.75, 3.05) is 33.2 Å². The van der Waals surface area contributed by atoms with Crippen LogP contribution in [0.15, 0.2) is 65.4 Å². The highest BCUT2D eigenvalue weighted by molar-refractivity contribution is 7.97. The van der Waals surface area contributed by atoms with Gasteiger partial charge in [-0.25, -0.2) is 9.84 Å². The SMILES string of the molecule is CCCSN1NC(c2ccc(OC)cc2)C2=C1C(=Cc1ccc(OC)cc1)COC2. The van der Waals surface area contributed by atoms with Gasteiger partial charge in [0.15, 0.2) is 0 Å². The van der Waals surface area contributed by atoms with Crippen molar-refractivity contribution in [3.05, 3.63) is 76.5 Å². The minimum Gasteiger partial charge on any atom is -0.497 e. The number of nitrogens with zero attached hydrogens (tertiary/aromatic N) is 1. The molecule has 30 heavy (non-hydrogen) atoms. The van der Waals surface area contributed by atoms with Crippen molar-refractivity contribution in [1.29, 1.82) is 0 Å². The van der Waals surface area contributed by atoms with Crippen LogP contribution in [0.25, 0.3) is 6.08 Å². The summed E-state index contributed by atoms with van der Waals surface area (Å²) in [6, 6.07) is 16.5. The molecule has 0 radical (unpaired) electrons. The van der Waals surface area contributed by atoms with Gasteiger partial charge in [0, 0.05) is 16.9 Å².